The largest absolute Gasteiger partial charge is 0.493 e. The summed E-state index contributed by atoms with van der Waals surface area (Å²) in [5, 5.41) is 8.80. The third kappa shape index (κ3) is 5.56. The van der Waals surface area contributed by atoms with Crippen molar-refractivity contribution in [1.29, 1.82) is 5.26 Å². The number of hydrogen-bond donors (Lipinski definition) is 0. The maximum Gasteiger partial charge on any atom is 0.177 e. The van der Waals surface area contributed by atoms with Gasteiger partial charge in [-0.3, -0.25) is 0 Å². The first-order chi connectivity index (χ1) is 14.1. The van der Waals surface area contributed by atoms with E-state index in [1.54, 1.807) is 30.3 Å². The molecule has 0 spiro atoms. The van der Waals surface area contributed by atoms with Crippen molar-refractivity contribution in [3.8, 4) is 22.9 Å². The van der Waals surface area contributed by atoms with Crippen molar-refractivity contribution < 1.29 is 13.5 Å². The highest BCUT2D eigenvalue weighted by Crippen LogP contribution is 2.33. The zero-order chi connectivity index (χ0) is 20.6. The first-order valence-corrected chi connectivity index (χ1v) is 10.7. The molecule has 0 N–H and O–H groups in total. The van der Waals surface area contributed by atoms with E-state index in [2.05, 4.69) is 6.92 Å². The van der Waals surface area contributed by atoms with Crippen molar-refractivity contribution in [2.24, 2.45) is 11.8 Å². The Balaban J connectivity index is 1.51. The van der Waals surface area contributed by atoms with Gasteiger partial charge in [-0.15, -0.1) is 0 Å². The van der Waals surface area contributed by atoms with Crippen molar-refractivity contribution in [3.05, 3.63) is 53.6 Å². The van der Waals surface area contributed by atoms with Crippen LogP contribution in [0.2, 0.25) is 0 Å². The Labute approximate surface area is 172 Å². The van der Waals surface area contributed by atoms with Crippen molar-refractivity contribution >= 4 is 0 Å². The molecule has 0 radical (unpaired) electrons. The number of halogens is 2. The zero-order valence-corrected chi connectivity index (χ0v) is 17.1. The highest BCUT2D eigenvalue weighted by molar-refractivity contribution is 5.66. The molecule has 0 aromatic heterocycles. The number of ether oxygens (including phenoxy) is 1. The van der Waals surface area contributed by atoms with Gasteiger partial charge in [0, 0.05) is 5.56 Å². The van der Waals surface area contributed by atoms with Crippen LogP contribution in [0.3, 0.4) is 0 Å². The number of nitrogens with zero attached hydrogens (tertiary/aromatic N) is 1. The molecule has 2 aromatic rings. The lowest BCUT2D eigenvalue weighted by atomic mass is 9.80. The lowest BCUT2D eigenvalue weighted by Gasteiger charge is -2.28. The topological polar surface area (TPSA) is 33.0 Å². The normalized spacial score (nSPS) is 19.0. The molecule has 0 amide bonds. The van der Waals surface area contributed by atoms with Crippen LogP contribution >= 0.6 is 0 Å². The number of rotatable bonds is 8. The minimum Gasteiger partial charge on any atom is -0.493 e. The van der Waals surface area contributed by atoms with Crippen LogP contribution in [0.15, 0.2) is 36.4 Å². The van der Waals surface area contributed by atoms with Gasteiger partial charge in [-0.1, -0.05) is 57.6 Å². The van der Waals surface area contributed by atoms with E-state index in [1.807, 2.05) is 0 Å². The Morgan fingerprint density at radius 3 is 2.28 bits per heavy atom. The maximum absolute atomic E-state index is 14.2. The summed E-state index contributed by atoms with van der Waals surface area (Å²) in [6, 6.07) is 11.4. The van der Waals surface area contributed by atoms with E-state index >= 15 is 0 Å². The highest BCUT2D eigenvalue weighted by atomic mass is 19.2. The predicted molar refractivity (Wildman–Crippen MR) is 112 cm³/mol. The summed E-state index contributed by atoms with van der Waals surface area (Å²) in [6.45, 7) is 2.96. The molecular weight excluding hydrogens is 368 g/mol. The Bertz CT molecular complexity index is 833. The van der Waals surface area contributed by atoms with Crippen molar-refractivity contribution in [2.45, 2.75) is 58.3 Å². The molecule has 0 unspecified atom stereocenters. The molecule has 0 bridgehead atoms. The molecule has 4 heteroatoms. The minimum absolute atomic E-state index is 0.148. The van der Waals surface area contributed by atoms with Crippen LogP contribution in [0.5, 0.6) is 5.75 Å². The number of benzene rings is 2. The average Bonchev–Trinajstić information content (AvgIpc) is 2.76. The Hall–Kier alpha value is -2.41. The van der Waals surface area contributed by atoms with Crippen LogP contribution < -0.4 is 4.74 Å². The van der Waals surface area contributed by atoms with Crippen LogP contribution in [0.25, 0.3) is 11.1 Å². The molecule has 0 atom stereocenters. The van der Waals surface area contributed by atoms with Crippen molar-refractivity contribution in [1.82, 2.24) is 0 Å². The van der Waals surface area contributed by atoms with Gasteiger partial charge >= 0.3 is 0 Å². The first kappa shape index (κ1) is 21.3. The summed E-state index contributed by atoms with van der Waals surface area (Å²) in [6.07, 6.45) is 10.4. The summed E-state index contributed by atoms with van der Waals surface area (Å²) < 4.78 is 34.0. The number of unbranched alkanes of at least 4 members (excludes halogenated alkanes) is 2. The molecule has 2 nitrogen and oxygen atoms in total. The summed E-state index contributed by atoms with van der Waals surface area (Å²) in [4.78, 5) is 0. The molecule has 0 saturated heterocycles. The molecule has 1 fully saturated rings. The van der Waals surface area contributed by atoms with E-state index in [4.69, 9.17) is 10.00 Å². The third-order valence-corrected chi connectivity index (χ3v) is 6.04. The molecule has 154 valence electrons. The fraction of sp³-hybridized carbons (Fsp3) is 0.480. The van der Waals surface area contributed by atoms with Crippen LogP contribution in [0.1, 0.15) is 63.9 Å². The Morgan fingerprint density at radius 1 is 0.931 bits per heavy atom. The van der Waals surface area contributed by atoms with E-state index in [0.717, 1.165) is 11.7 Å². The zero-order valence-electron chi connectivity index (χ0n) is 17.1. The molecule has 0 aliphatic heterocycles. The monoisotopic (exact) mass is 397 g/mol. The molecule has 1 saturated carbocycles. The van der Waals surface area contributed by atoms with Gasteiger partial charge in [-0.05, 0) is 54.5 Å². The maximum atomic E-state index is 14.2. The minimum atomic E-state index is -1.10. The van der Waals surface area contributed by atoms with Gasteiger partial charge in [0.15, 0.2) is 11.6 Å². The van der Waals surface area contributed by atoms with Gasteiger partial charge in [-0.2, -0.15) is 5.26 Å². The second-order valence-electron chi connectivity index (χ2n) is 8.12. The fourth-order valence-electron chi connectivity index (χ4n) is 4.17. The molecule has 0 heterocycles. The van der Waals surface area contributed by atoms with Crippen LogP contribution in [0.4, 0.5) is 8.78 Å². The van der Waals surface area contributed by atoms with E-state index in [9.17, 15) is 8.78 Å². The van der Waals surface area contributed by atoms with E-state index in [0.29, 0.717) is 18.1 Å². The molecule has 2 aromatic carbocycles. The lowest BCUT2D eigenvalue weighted by molar-refractivity contribution is 0.177. The Kier molecular flexibility index (Phi) is 7.63. The summed E-state index contributed by atoms with van der Waals surface area (Å²) >= 11 is 0. The van der Waals surface area contributed by atoms with E-state index < -0.39 is 11.6 Å². The summed E-state index contributed by atoms with van der Waals surface area (Å²) in [7, 11) is 0. The third-order valence-electron chi connectivity index (χ3n) is 6.04. The highest BCUT2D eigenvalue weighted by Gasteiger charge is 2.21. The van der Waals surface area contributed by atoms with Gasteiger partial charge in [0.25, 0.3) is 0 Å². The van der Waals surface area contributed by atoms with Crippen LogP contribution in [-0.4, -0.2) is 6.61 Å². The Morgan fingerprint density at radius 2 is 1.62 bits per heavy atom. The van der Waals surface area contributed by atoms with Gasteiger partial charge in [0.1, 0.15) is 11.8 Å². The molecular formula is C25H29F2NO. The smallest absolute Gasteiger partial charge is 0.177 e. The lowest BCUT2D eigenvalue weighted by Crippen LogP contribution is -2.20. The average molecular weight is 398 g/mol. The molecule has 29 heavy (non-hydrogen) atoms. The second-order valence-corrected chi connectivity index (χ2v) is 8.12. The van der Waals surface area contributed by atoms with Crippen molar-refractivity contribution in [3.63, 3.8) is 0 Å². The number of nitriles is 1. The second kappa shape index (κ2) is 10.4. The van der Waals surface area contributed by atoms with Gasteiger partial charge in [0.05, 0.1) is 12.2 Å². The SMILES string of the molecule is CCCCCC1CCC(COc2ccc(-c3ccc(C#N)c(F)c3F)cc2)CC1. The first-order valence-electron chi connectivity index (χ1n) is 10.7. The summed E-state index contributed by atoms with van der Waals surface area (Å²) in [5.41, 5.74) is 0.423. The van der Waals surface area contributed by atoms with Gasteiger partial charge in [0.2, 0.25) is 0 Å². The molecule has 1 aliphatic rings. The van der Waals surface area contributed by atoms with Gasteiger partial charge < -0.3 is 4.74 Å². The van der Waals surface area contributed by atoms with Crippen molar-refractivity contribution in [2.75, 3.05) is 6.61 Å². The van der Waals surface area contributed by atoms with E-state index in [1.165, 1.54) is 63.5 Å². The quantitative estimate of drug-likeness (QED) is 0.439. The molecule has 3 rings (SSSR count). The van der Waals surface area contributed by atoms with Crippen LogP contribution in [0, 0.1) is 34.8 Å². The van der Waals surface area contributed by atoms with E-state index in [-0.39, 0.29) is 11.1 Å². The fourth-order valence-corrected chi connectivity index (χ4v) is 4.17. The standard InChI is InChI=1S/C25H29F2NO/c1-2-3-4-5-18-6-8-19(9-7-18)17-29-22-13-10-20(11-14-22)23-15-12-21(16-28)24(26)25(23)27/h10-15,18-19H,2-9,17H2,1H3. The summed E-state index contributed by atoms with van der Waals surface area (Å²) in [5.74, 6) is 0.138. The number of hydrogen-bond acceptors (Lipinski definition) is 2. The van der Waals surface area contributed by atoms with Gasteiger partial charge in [-0.25, -0.2) is 8.78 Å². The van der Waals surface area contributed by atoms with Crippen LogP contribution in [-0.2, 0) is 0 Å². The molecule has 1 aliphatic carbocycles. The predicted octanol–water partition coefficient (Wildman–Crippen LogP) is 7.27.